The molecule has 1 N–H and O–H groups in total. The summed E-state index contributed by atoms with van der Waals surface area (Å²) in [5.74, 6) is -0.163. The van der Waals surface area contributed by atoms with E-state index in [-0.39, 0.29) is 5.91 Å². The predicted octanol–water partition coefficient (Wildman–Crippen LogP) is 3.72. The highest BCUT2D eigenvalue weighted by Crippen LogP contribution is 2.19. The first-order valence-electron chi connectivity index (χ1n) is 5.00. The Morgan fingerprint density at radius 1 is 1.38 bits per heavy atom. The zero-order valence-corrected chi connectivity index (χ0v) is 10.1. The number of aryl methyl sites for hydroxylation is 1. The first-order chi connectivity index (χ1) is 7.63. The Bertz CT molecular complexity index is 436. The van der Waals surface area contributed by atoms with Crippen molar-refractivity contribution in [1.29, 1.82) is 0 Å². The van der Waals surface area contributed by atoms with Crippen LogP contribution in [-0.2, 0) is 4.79 Å². The molecule has 0 atom stereocenters. The van der Waals surface area contributed by atoms with Crippen molar-refractivity contribution in [2.24, 2.45) is 0 Å². The van der Waals surface area contributed by atoms with Gasteiger partial charge in [-0.2, -0.15) is 0 Å². The molecule has 0 bridgehead atoms. The molecule has 0 aliphatic carbocycles. The number of hydrogen-bond donors (Lipinski definition) is 1. The monoisotopic (exact) mass is 235 g/mol. The van der Waals surface area contributed by atoms with Crippen LogP contribution in [0.5, 0.6) is 0 Å². The lowest BCUT2D eigenvalue weighted by molar-refractivity contribution is -0.111. The predicted molar refractivity (Wildman–Crippen MR) is 68.8 cm³/mol. The minimum atomic E-state index is -0.163. The van der Waals surface area contributed by atoms with Crippen molar-refractivity contribution < 1.29 is 4.79 Å². The van der Waals surface area contributed by atoms with E-state index in [1.807, 2.05) is 26.0 Å². The Kier molecular flexibility index (Phi) is 4.80. The Morgan fingerprint density at radius 3 is 2.81 bits per heavy atom. The molecule has 0 heterocycles. The average Bonchev–Trinajstić information content (AvgIpc) is 2.24. The minimum Gasteiger partial charge on any atom is -0.322 e. The van der Waals surface area contributed by atoms with E-state index in [1.54, 1.807) is 24.3 Å². The number of hydrogen-bond acceptors (Lipinski definition) is 1. The summed E-state index contributed by atoms with van der Waals surface area (Å²) < 4.78 is 0. The van der Waals surface area contributed by atoms with Crippen LogP contribution >= 0.6 is 11.6 Å². The minimum absolute atomic E-state index is 0.163. The summed E-state index contributed by atoms with van der Waals surface area (Å²) in [7, 11) is 0. The van der Waals surface area contributed by atoms with Crippen molar-refractivity contribution in [3.63, 3.8) is 0 Å². The molecule has 84 valence electrons. The van der Waals surface area contributed by atoms with Crippen LogP contribution in [0.1, 0.15) is 12.5 Å². The van der Waals surface area contributed by atoms with Gasteiger partial charge in [-0.25, -0.2) is 0 Å². The van der Waals surface area contributed by atoms with Gasteiger partial charge < -0.3 is 5.32 Å². The lowest BCUT2D eigenvalue weighted by Gasteiger charge is -2.06. The number of halogens is 1. The van der Waals surface area contributed by atoms with E-state index in [0.29, 0.717) is 5.02 Å². The van der Waals surface area contributed by atoms with Crippen LogP contribution < -0.4 is 5.32 Å². The summed E-state index contributed by atoms with van der Waals surface area (Å²) >= 11 is 5.85. The van der Waals surface area contributed by atoms with E-state index in [1.165, 1.54) is 6.08 Å². The third-order valence-corrected chi connectivity index (χ3v) is 2.24. The fraction of sp³-hybridized carbons (Fsp3) is 0.154. The normalized spacial score (nSPS) is 11.2. The maximum Gasteiger partial charge on any atom is 0.248 e. The summed E-state index contributed by atoms with van der Waals surface area (Å²) in [6, 6.07) is 5.40. The average molecular weight is 236 g/mol. The quantitative estimate of drug-likeness (QED) is 0.628. The van der Waals surface area contributed by atoms with E-state index in [0.717, 1.165) is 11.3 Å². The number of amides is 1. The Balaban J connectivity index is 2.73. The highest BCUT2D eigenvalue weighted by molar-refractivity contribution is 6.31. The van der Waals surface area contributed by atoms with Gasteiger partial charge in [0.25, 0.3) is 0 Å². The zero-order chi connectivity index (χ0) is 12.0. The van der Waals surface area contributed by atoms with Crippen LogP contribution in [0.3, 0.4) is 0 Å². The highest BCUT2D eigenvalue weighted by Gasteiger charge is 2.01. The molecule has 1 rings (SSSR count). The Morgan fingerprint density at radius 2 is 2.12 bits per heavy atom. The fourth-order valence-corrected chi connectivity index (χ4v) is 1.33. The molecule has 0 saturated carbocycles. The second-order valence-electron chi connectivity index (χ2n) is 3.33. The Labute approximate surface area is 101 Å². The van der Waals surface area contributed by atoms with Crippen molar-refractivity contribution in [2.75, 3.05) is 5.32 Å². The number of carbonyl (C=O) groups is 1. The fourth-order valence-electron chi connectivity index (χ4n) is 1.16. The molecule has 0 spiro atoms. The molecule has 0 aromatic heterocycles. The molecule has 1 aromatic carbocycles. The van der Waals surface area contributed by atoms with Gasteiger partial charge in [0.05, 0.1) is 0 Å². The summed E-state index contributed by atoms with van der Waals surface area (Å²) in [6.07, 6.45) is 6.81. The maximum atomic E-state index is 11.5. The van der Waals surface area contributed by atoms with Crippen molar-refractivity contribution >= 4 is 23.2 Å². The molecule has 16 heavy (non-hydrogen) atoms. The van der Waals surface area contributed by atoms with Gasteiger partial charge in [0.1, 0.15) is 0 Å². The second-order valence-corrected chi connectivity index (χ2v) is 3.77. The van der Waals surface area contributed by atoms with Gasteiger partial charge in [-0.3, -0.25) is 4.79 Å². The van der Waals surface area contributed by atoms with Crippen molar-refractivity contribution in [3.8, 4) is 0 Å². The third-order valence-electron chi connectivity index (χ3n) is 2.01. The van der Waals surface area contributed by atoms with Crippen molar-refractivity contribution in [1.82, 2.24) is 0 Å². The maximum absolute atomic E-state index is 11.5. The first-order valence-corrected chi connectivity index (χ1v) is 5.38. The van der Waals surface area contributed by atoms with Crippen molar-refractivity contribution in [2.45, 2.75) is 13.8 Å². The number of anilines is 1. The molecule has 0 aliphatic rings. The molecular weight excluding hydrogens is 222 g/mol. The smallest absolute Gasteiger partial charge is 0.248 e. The van der Waals surface area contributed by atoms with Gasteiger partial charge in [-0.15, -0.1) is 0 Å². The lowest BCUT2D eigenvalue weighted by Crippen LogP contribution is -2.08. The molecule has 0 saturated heterocycles. The number of benzene rings is 1. The van der Waals surface area contributed by atoms with Crippen LogP contribution in [-0.4, -0.2) is 5.91 Å². The van der Waals surface area contributed by atoms with Crippen LogP contribution in [0, 0.1) is 6.92 Å². The van der Waals surface area contributed by atoms with Crippen LogP contribution in [0.25, 0.3) is 0 Å². The molecular formula is C13H14ClNO. The second kappa shape index (κ2) is 6.13. The lowest BCUT2D eigenvalue weighted by atomic mass is 10.2. The molecule has 0 fully saturated rings. The standard InChI is InChI=1S/C13H14ClNO/c1-3-4-5-6-13(16)15-12-9-11(14)8-7-10(12)2/h3-9H,1-2H3,(H,15,16)/b4-3+,6-5+. The van der Waals surface area contributed by atoms with Gasteiger partial charge in [0.2, 0.25) is 5.91 Å². The van der Waals surface area contributed by atoms with E-state index in [9.17, 15) is 4.79 Å². The van der Waals surface area contributed by atoms with E-state index in [4.69, 9.17) is 11.6 Å². The molecule has 1 amide bonds. The third kappa shape index (κ3) is 3.91. The zero-order valence-electron chi connectivity index (χ0n) is 9.33. The van der Waals surface area contributed by atoms with Crippen molar-refractivity contribution in [3.05, 3.63) is 53.1 Å². The van der Waals surface area contributed by atoms with Crippen LogP contribution in [0.2, 0.25) is 5.02 Å². The van der Waals surface area contributed by atoms with Gasteiger partial charge in [0.15, 0.2) is 0 Å². The number of allylic oxidation sites excluding steroid dienone is 3. The van der Waals surface area contributed by atoms with Gasteiger partial charge in [0, 0.05) is 16.8 Å². The topological polar surface area (TPSA) is 29.1 Å². The number of rotatable bonds is 3. The Hall–Kier alpha value is -1.54. The summed E-state index contributed by atoms with van der Waals surface area (Å²) in [5, 5.41) is 3.38. The summed E-state index contributed by atoms with van der Waals surface area (Å²) in [5.41, 5.74) is 1.72. The number of carbonyl (C=O) groups excluding carboxylic acids is 1. The summed E-state index contributed by atoms with van der Waals surface area (Å²) in [6.45, 7) is 3.81. The van der Waals surface area contributed by atoms with Gasteiger partial charge in [-0.05, 0) is 31.5 Å². The van der Waals surface area contributed by atoms with Gasteiger partial charge in [-0.1, -0.05) is 35.9 Å². The molecule has 3 heteroatoms. The van der Waals surface area contributed by atoms with E-state index < -0.39 is 0 Å². The van der Waals surface area contributed by atoms with Gasteiger partial charge >= 0.3 is 0 Å². The number of nitrogens with one attached hydrogen (secondary N) is 1. The molecule has 0 unspecified atom stereocenters. The molecule has 0 radical (unpaired) electrons. The van der Waals surface area contributed by atoms with Crippen LogP contribution in [0.15, 0.2) is 42.5 Å². The van der Waals surface area contributed by atoms with E-state index in [2.05, 4.69) is 5.32 Å². The molecule has 0 aliphatic heterocycles. The molecule has 2 nitrogen and oxygen atoms in total. The molecule has 1 aromatic rings. The first kappa shape index (κ1) is 12.5. The van der Waals surface area contributed by atoms with Crippen LogP contribution in [0.4, 0.5) is 5.69 Å². The largest absolute Gasteiger partial charge is 0.322 e. The summed E-state index contributed by atoms with van der Waals surface area (Å²) in [4.78, 5) is 11.5. The SMILES string of the molecule is C/C=C/C=C/C(=O)Nc1cc(Cl)ccc1C. The van der Waals surface area contributed by atoms with E-state index >= 15 is 0 Å². The highest BCUT2D eigenvalue weighted by atomic mass is 35.5.